The maximum atomic E-state index is 12.6. The maximum Gasteiger partial charge on any atom is 0.251 e. The second kappa shape index (κ2) is 10.5. The van der Waals surface area contributed by atoms with Crippen LogP contribution in [0.2, 0.25) is 0 Å². The van der Waals surface area contributed by atoms with Gasteiger partial charge in [0.15, 0.2) is 5.82 Å². The molecule has 7 nitrogen and oxygen atoms in total. The van der Waals surface area contributed by atoms with Gasteiger partial charge in [-0.1, -0.05) is 29.8 Å². The van der Waals surface area contributed by atoms with Gasteiger partial charge in [-0.2, -0.15) is 0 Å². The Hall–Kier alpha value is -4.39. The molecule has 4 rings (SSSR count). The van der Waals surface area contributed by atoms with Gasteiger partial charge in [0.2, 0.25) is 0 Å². The predicted molar refractivity (Wildman–Crippen MR) is 133 cm³/mol. The summed E-state index contributed by atoms with van der Waals surface area (Å²) in [5.74, 6) is 2.54. The highest BCUT2D eigenvalue weighted by atomic mass is 16.5. The summed E-state index contributed by atoms with van der Waals surface area (Å²) in [4.78, 5) is 21.6. The number of rotatable bonds is 8. The normalized spacial score (nSPS) is 10.4. The van der Waals surface area contributed by atoms with Crippen LogP contribution in [0.15, 0.2) is 79.0 Å². The van der Waals surface area contributed by atoms with E-state index in [9.17, 15) is 4.79 Å². The maximum absolute atomic E-state index is 12.6. The number of aryl methyl sites for hydroxylation is 1. The minimum atomic E-state index is -0.180. The number of carbonyl (C=O) groups is 1. The number of anilines is 2. The third-order valence-electron chi connectivity index (χ3n) is 5.31. The first-order valence-electron chi connectivity index (χ1n) is 10.8. The molecule has 0 aliphatic heterocycles. The fourth-order valence-corrected chi connectivity index (χ4v) is 3.42. The van der Waals surface area contributed by atoms with Gasteiger partial charge in [0.1, 0.15) is 17.3 Å². The van der Waals surface area contributed by atoms with E-state index in [1.807, 2.05) is 61.5 Å². The Bertz CT molecular complexity index is 1270. The molecule has 0 atom stereocenters. The van der Waals surface area contributed by atoms with E-state index >= 15 is 0 Å². The molecule has 0 spiro atoms. The molecular weight excluding hydrogens is 428 g/mol. The average Bonchev–Trinajstić information content (AvgIpc) is 2.88. The van der Waals surface area contributed by atoms with Gasteiger partial charge in [-0.25, -0.2) is 9.97 Å². The second-order valence-corrected chi connectivity index (χ2v) is 7.69. The molecule has 2 N–H and O–H groups in total. The lowest BCUT2D eigenvalue weighted by Gasteiger charge is -2.12. The number of ether oxygens (including phenoxy) is 2. The standard InChI is InChI=1S/C27H26N4O3/c1-18-4-6-19(7-5-18)26-28-15-14-25(31-26)30-22-10-8-20(9-11-22)27(32)29-17-21-16-23(33-2)12-13-24(21)34-3/h4-16H,17H2,1-3H3,(H,29,32)(H,28,30,31). The zero-order chi connectivity index (χ0) is 23.9. The zero-order valence-electron chi connectivity index (χ0n) is 19.3. The van der Waals surface area contributed by atoms with Crippen molar-refractivity contribution < 1.29 is 14.3 Å². The van der Waals surface area contributed by atoms with E-state index in [0.29, 0.717) is 35.2 Å². The lowest BCUT2D eigenvalue weighted by atomic mass is 10.1. The molecular formula is C27H26N4O3. The lowest BCUT2D eigenvalue weighted by molar-refractivity contribution is 0.0950. The largest absolute Gasteiger partial charge is 0.497 e. The number of hydrogen-bond donors (Lipinski definition) is 2. The molecule has 0 aliphatic rings. The molecule has 4 aromatic rings. The van der Waals surface area contributed by atoms with Crippen molar-refractivity contribution >= 4 is 17.4 Å². The van der Waals surface area contributed by atoms with Crippen LogP contribution >= 0.6 is 0 Å². The van der Waals surface area contributed by atoms with Gasteiger partial charge in [0, 0.05) is 35.1 Å². The molecule has 0 saturated heterocycles. The van der Waals surface area contributed by atoms with Gasteiger partial charge in [-0.3, -0.25) is 4.79 Å². The predicted octanol–water partition coefficient (Wildman–Crippen LogP) is 5.14. The van der Waals surface area contributed by atoms with E-state index in [0.717, 1.165) is 16.8 Å². The van der Waals surface area contributed by atoms with Crippen molar-refractivity contribution in [1.82, 2.24) is 15.3 Å². The Kier molecular flexibility index (Phi) is 7.03. The van der Waals surface area contributed by atoms with Crippen LogP contribution in [0.25, 0.3) is 11.4 Å². The van der Waals surface area contributed by atoms with Gasteiger partial charge in [-0.05, 0) is 55.5 Å². The van der Waals surface area contributed by atoms with Crippen molar-refractivity contribution in [1.29, 1.82) is 0 Å². The summed E-state index contributed by atoms with van der Waals surface area (Å²) in [5.41, 5.74) is 4.34. The van der Waals surface area contributed by atoms with Crippen LogP contribution in [0, 0.1) is 6.92 Å². The topological polar surface area (TPSA) is 85.4 Å². The number of benzene rings is 3. The number of aromatic nitrogens is 2. The number of methoxy groups -OCH3 is 2. The number of nitrogens with zero attached hydrogens (tertiary/aromatic N) is 2. The van der Waals surface area contributed by atoms with Gasteiger partial charge in [0.25, 0.3) is 5.91 Å². The molecule has 172 valence electrons. The van der Waals surface area contributed by atoms with E-state index in [-0.39, 0.29) is 5.91 Å². The number of hydrogen-bond acceptors (Lipinski definition) is 6. The van der Waals surface area contributed by atoms with Crippen molar-refractivity contribution in [3.63, 3.8) is 0 Å². The van der Waals surface area contributed by atoms with Crippen molar-refractivity contribution in [2.24, 2.45) is 0 Å². The van der Waals surface area contributed by atoms with Gasteiger partial charge in [-0.15, -0.1) is 0 Å². The first-order chi connectivity index (χ1) is 16.6. The number of nitrogens with one attached hydrogen (secondary N) is 2. The van der Waals surface area contributed by atoms with Crippen LogP contribution in [0.1, 0.15) is 21.5 Å². The first-order valence-corrected chi connectivity index (χ1v) is 10.8. The minimum absolute atomic E-state index is 0.180. The number of carbonyl (C=O) groups excluding carboxylic acids is 1. The third kappa shape index (κ3) is 5.50. The Morgan fingerprint density at radius 3 is 2.38 bits per heavy atom. The van der Waals surface area contributed by atoms with E-state index in [2.05, 4.69) is 20.6 Å². The van der Waals surface area contributed by atoms with E-state index in [1.165, 1.54) is 5.56 Å². The molecule has 1 heterocycles. The lowest BCUT2D eigenvalue weighted by Crippen LogP contribution is -2.23. The first kappa shape index (κ1) is 22.8. The van der Waals surface area contributed by atoms with Crippen LogP contribution in [-0.2, 0) is 6.54 Å². The third-order valence-corrected chi connectivity index (χ3v) is 5.31. The molecule has 7 heteroatoms. The van der Waals surface area contributed by atoms with Gasteiger partial charge in [0.05, 0.1) is 14.2 Å². The molecule has 0 radical (unpaired) electrons. The Morgan fingerprint density at radius 1 is 0.912 bits per heavy atom. The molecule has 0 fully saturated rings. The van der Waals surface area contributed by atoms with Crippen LogP contribution < -0.4 is 20.1 Å². The molecule has 0 unspecified atom stereocenters. The quantitative estimate of drug-likeness (QED) is 0.383. The summed E-state index contributed by atoms with van der Waals surface area (Å²) in [6.07, 6.45) is 1.72. The van der Waals surface area contributed by atoms with Crippen molar-refractivity contribution in [2.45, 2.75) is 13.5 Å². The van der Waals surface area contributed by atoms with Crippen molar-refractivity contribution in [2.75, 3.05) is 19.5 Å². The second-order valence-electron chi connectivity index (χ2n) is 7.69. The van der Waals surface area contributed by atoms with E-state index in [1.54, 1.807) is 38.6 Å². The Labute approximate surface area is 198 Å². The summed E-state index contributed by atoms with van der Waals surface area (Å²) in [5, 5.41) is 6.19. The molecule has 3 aromatic carbocycles. The zero-order valence-corrected chi connectivity index (χ0v) is 19.3. The highest BCUT2D eigenvalue weighted by molar-refractivity contribution is 5.94. The van der Waals surface area contributed by atoms with E-state index < -0.39 is 0 Å². The molecule has 0 aliphatic carbocycles. The fraction of sp³-hybridized carbons (Fsp3) is 0.148. The molecule has 34 heavy (non-hydrogen) atoms. The Balaban J connectivity index is 1.40. The SMILES string of the molecule is COc1ccc(OC)c(CNC(=O)c2ccc(Nc3ccnc(-c4ccc(C)cc4)n3)cc2)c1. The van der Waals surface area contributed by atoms with E-state index in [4.69, 9.17) is 9.47 Å². The van der Waals surface area contributed by atoms with Crippen LogP contribution in [-0.4, -0.2) is 30.1 Å². The Morgan fingerprint density at radius 2 is 1.68 bits per heavy atom. The monoisotopic (exact) mass is 454 g/mol. The fourth-order valence-electron chi connectivity index (χ4n) is 3.42. The summed E-state index contributed by atoms with van der Waals surface area (Å²) in [6, 6.07) is 22.6. The summed E-state index contributed by atoms with van der Waals surface area (Å²) >= 11 is 0. The minimum Gasteiger partial charge on any atom is -0.497 e. The highest BCUT2D eigenvalue weighted by Gasteiger charge is 2.10. The van der Waals surface area contributed by atoms with Gasteiger partial charge < -0.3 is 20.1 Å². The summed E-state index contributed by atoms with van der Waals surface area (Å²) in [7, 11) is 3.20. The smallest absolute Gasteiger partial charge is 0.251 e. The molecule has 1 amide bonds. The highest BCUT2D eigenvalue weighted by Crippen LogP contribution is 2.24. The average molecular weight is 455 g/mol. The van der Waals surface area contributed by atoms with Crippen LogP contribution in [0.4, 0.5) is 11.5 Å². The van der Waals surface area contributed by atoms with Crippen molar-refractivity contribution in [3.05, 3.63) is 95.7 Å². The molecule has 1 aromatic heterocycles. The molecule has 0 saturated carbocycles. The number of amides is 1. The van der Waals surface area contributed by atoms with Crippen LogP contribution in [0.3, 0.4) is 0 Å². The van der Waals surface area contributed by atoms with Gasteiger partial charge >= 0.3 is 0 Å². The van der Waals surface area contributed by atoms with Crippen LogP contribution in [0.5, 0.6) is 11.5 Å². The summed E-state index contributed by atoms with van der Waals surface area (Å²) in [6.45, 7) is 2.37. The van der Waals surface area contributed by atoms with Crippen molar-refractivity contribution in [3.8, 4) is 22.9 Å². The molecule has 0 bridgehead atoms. The summed E-state index contributed by atoms with van der Waals surface area (Å²) < 4.78 is 10.6.